The second-order valence-electron chi connectivity index (χ2n) is 5.73. The van der Waals surface area contributed by atoms with Gasteiger partial charge in [0.15, 0.2) is 0 Å². The van der Waals surface area contributed by atoms with Crippen LogP contribution in [0.15, 0.2) is 24.3 Å². The number of aromatic amines is 1. The Morgan fingerprint density at radius 3 is 2.68 bits per heavy atom. The molecule has 1 heterocycles. The molecular formula is C15H17N3O. The second kappa shape index (κ2) is 4.08. The first-order valence-electron chi connectivity index (χ1n) is 7.08. The first-order valence-corrected chi connectivity index (χ1v) is 7.08. The molecule has 2 fully saturated rings. The van der Waals surface area contributed by atoms with Gasteiger partial charge in [-0.1, -0.05) is 25.0 Å². The highest BCUT2D eigenvalue weighted by Gasteiger charge is 2.54. The van der Waals surface area contributed by atoms with Gasteiger partial charge < -0.3 is 4.98 Å². The van der Waals surface area contributed by atoms with Crippen LogP contribution in [0.25, 0.3) is 11.0 Å². The third kappa shape index (κ3) is 1.82. The van der Waals surface area contributed by atoms with Crippen LogP contribution in [0.4, 0.5) is 5.95 Å². The predicted octanol–water partition coefficient (Wildman–Crippen LogP) is 2.94. The van der Waals surface area contributed by atoms with E-state index in [1.165, 1.54) is 25.7 Å². The van der Waals surface area contributed by atoms with Crippen molar-refractivity contribution in [3.63, 3.8) is 0 Å². The molecule has 2 aliphatic carbocycles. The fourth-order valence-electron chi connectivity index (χ4n) is 3.59. The molecular weight excluding hydrogens is 238 g/mol. The van der Waals surface area contributed by atoms with Crippen molar-refractivity contribution in [1.82, 2.24) is 9.97 Å². The van der Waals surface area contributed by atoms with Crippen molar-refractivity contribution >= 4 is 22.9 Å². The molecule has 2 aliphatic rings. The smallest absolute Gasteiger partial charge is 0.230 e. The number of para-hydroxylation sites is 2. The van der Waals surface area contributed by atoms with Gasteiger partial charge >= 0.3 is 0 Å². The van der Waals surface area contributed by atoms with Gasteiger partial charge in [0.25, 0.3) is 0 Å². The monoisotopic (exact) mass is 255 g/mol. The van der Waals surface area contributed by atoms with Crippen molar-refractivity contribution in [3.8, 4) is 0 Å². The van der Waals surface area contributed by atoms with Crippen LogP contribution in [0, 0.1) is 17.8 Å². The standard InChI is InChI=1S/C15H17N3O/c19-14(13-9-5-1-2-6-10(9)13)18-15-16-11-7-3-4-8-12(11)17-15/h3-4,7-10,13H,1-2,5-6H2,(H2,16,17,18,19). The largest absolute Gasteiger partial charge is 0.324 e. The van der Waals surface area contributed by atoms with Gasteiger partial charge in [0.05, 0.1) is 11.0 Å². The number of hydrogen-bond acceptors (Lipinski definition) is 2. The second-order valence-corrected chi connectivity index (χ2v) is 5.73. The quantitative estimate of drug-likeness (QED) is 0.866. The average molecular weight is 255 g/mol. The summed E-state index contributed by atoms with van der Waals surface area (Å²) in [6.45, 7) is 0. The van der Waals surface area contributed by atoms with E-state index in [-0.39, 0.29) is 11.8 Å². The van der Waals surface area contributed by atoms with Gasteiger partial charge in [0.1, 0.15) is 0 Å². The highest BCUT2D eigenvalue weighted by atomic mass is 16.2. The van der Waals surface area contributed by atoms with Crippen LogP contribution in [0.2, 0.25) is 0 Å². The Morgan fingerprint density at radius 2 is 1.95 bits per heavy atom. The molecule has 4 rings (SSSR count). The molecule has 1 aromatic heterocycles. The number of imidazole rings is 1. The van der Waals surface area contributed by atoms with E-state index in [4.69, 9.17) is 0 Å². The van der Waals surface area contributed by atoms with Crippen molar-refractivity contribution in [2.75, 3.05) is 5.32 Å². The molecule has 19 heavy (non-hydrogen) atoms. The van der Waals surface area contributed by atoms with Crippen molar-refractivity contribution in [2.45, 2.75) is 25.7 Å². The zero-order valence-electron chi connectivity index (χ0n) is 10.7. The highest BCUT2D eigenvalue weighted by molar-refractivity contribution is 5.94. The molecule has 2 atom stereocenters. The van der Waals surface area contributed by atoms with Gasteiger partial charge in [-0.25, -0.2) is 4.98 Å². The number of fused-ring (bicyclic) bond motifs is 2. The minimum absolute atomic E-state index is 0.149. The normalized spacial score (nSPS) is 28.9. The molecule has 0 aliphatic heterocycles. The van der Waals surface area contributed by atoms with Gasteiger partial charge in [0, 0.05) is 5.92 Å². The Balaban J connectivity index is 1.50. The third-order valence-electron chi connectivity index (χ3n) is 4.59. The fraction of sp³-hybridized carbons (Fsp3) is 0.467. The van der Waals surface area contributed by atoms with E-state index < -0.39 is 0 Å². The minimum atomic E-state index is 0.149. The molecule has 1 amide bonds. The number of carbonyl (C=O) groups is 1. The SMILES string of the molecule is O=C(Nc1nc2ccccc2[nH]1)C1C2CCCCC21. The number of carbonyl (C=O) groups excluding carboxylic acids is 1. The van der Waals surface area contributed by atoms with E-state index in [0.29, 0.717) is 17.8 Å². The Labute approximate surface area is 111 Å². The minimum Gasteiger partial charge on any atom is -0.324 e. The number of benzene rings is 1. The number of anilines is 1. The van der Waals surface area contributed by atoms with Crippen LogP contribution < -0.4 is 5.32 Å². The summed E-state index contributed by atoms with van der Waals surface area (Å²) in [6.07, 6.45) is 5.02. The maximum Gasteiger partial charge on any atom is 0.230 e. The van der Waals surface area contributed by atoms with Crippen molar-refractivity contribution in [2.24, 2.45) is 17.8 Å². The van der Waals surface area contributed by atoms with Gasteiger partial charge in [-0.15, -0.1) is 0 Å². The zero-order valence-corrected chi connectivity index (χ0v) is 10.7. The molecule has 2 saturated carbocycles. The Morgan fingerprint density at radius 1 is 1.21 bits per heavy atom. The van der Waals surface area contributed by atoms with Crippen molar-refractivity contribution < 1.29 is 4.79 Å². The zero-order chi connectivity index (χ0) is 12.8. The lowest BCUT2D eigenvalue weighted by Gasteiger charge is -2.04. The first-order chi connectivity index (χ1) is 9.33. The molecule has 0 bridgehead atoms. The van der Waals surface area contributed by atoms with Crippen LogP contribution in [0.3, 0.4) is 0 Å². The number of rotatable bonds is 2. The van der Waals surface area contributed by atoms with Crippen LogP contribution in [0.5, 0.6) is 0 Å². The van der Waals surface area contributed by atoms with E-state index in [0.717, 1.165) is 11.0 Å². The number of nitrogens with zero attached hydrogens (tertiary/aromatic N) is 1. The maximum atomic E-state index is 12.2. The molecule has 4 nitrogen and oxygen atoms in total. The summed E-state index contributed by atoms with van der Waals surface area (Å²) in [5, 5.41) is 2.94. The molecule has 1 aromatic carbocycles. The van der Waals surface area contributed by atoms with Crippen molar-refractivity contribution in [3.05, 3.63) is 24.3 Å². The lowest BCUT2D eigenvalue weighted by molar-refractivity contribution is -0.117. The molecule has 0 saturated heterocycles. The Kier molecular flexibility index (Phi) is 2.37. The number of H-pyrrole nitrogens is 1. The topological polar surface area (TPSA) is 57.8 Å². The molecule has 4 heteroatoms. The summed E-state index contributed by atoms with van der Waals surface area (Å²) in [4.78, 5) is 19.8. The fourth-order valence-corrected chi connectivity index (χ4v) is 3.59. The highest BCUT2D eigenvalue weighted by Crippen LogP contribution is 2.55. The van der Waals surface area contributed by atoms with E-state index in [9.17, 15) is 4.79 Å². The van der Waals surface area contributed by atoms with E-state index in [1.54, 1.807) is 0 Å². The van der Waals surface area contributed by atoms with Gasteiger partial charge in [0.2, 0.25) is 11.9 Å². The Bertz CT molecular complexity index is 588. The average Bonchev–Trinajstić information content (AvgIpc) is 3.02. The summed E-state index contributed by atoms with van der Waals surface area (Å²) >= 11 is 0. The lowest BCUT2D eigenvalue weighted by Crippen LogP contribution is -2.16. The molecule has 0 radical (unpaired) electrons. The molecule has 0 spiro atoms. The number of nitrogens with one attached hydrogen (secondary N) is 2. The summed E-state index contributed by atoms with van der Waals surface area (Å²) in [5.41, 5.74) is 1.86. The summed E-state index contributed by atoms with van der Waals surface area (Å²) < 4.78 is 0. The van der Waals surface area contributed by atoms with Gasteiger partial charge in [-0.2, -0.15) is 0 Å². The molecule has 2 N–H and O–H groups in total. The predicted molar refractivity (Wildman–Crippen MR) is 73.7 cm³/mol. The molecule has 2 unspecified atom stereocenters. The van der Waals surface area contributed by atoms with Crippen molar-refractivity contribution in [1.29, 1.82) is 0 Å². The van der Waals surface area contributed by atoms with Crippen LogP contribution in [0.1, 0.15) is 25.7 Å². The number of aromatic nitrogens is 2. The molecule has 98 valence electrons. The maximum absolute atomic E-state index is 12.2. The lowest BCUT2D eigenvalue weighted by atomic mass is 10.0. The summed E-state index contributed by atoms with van der Waals surface area (Å²) in [7, 11) is 0. The Hall–Kier alpha value is -1.84. The first kappa shape index (κ1) is 11.0. The van der Waals surface area contributed by atoms with E-state index in [1.807, 2.05) is 24.3 Å². The summed E-state index contributed by atoms with van der Waals surface area (Å²) in [5.74, 6) is 2.23. The van der Waals surface area contributed by atoms with Crippen LogP contribution in [-0.4, -0.2) is 15.9 Å². The van der Waals surface area contributed by atoms with Crippen LogP contribution in [-0.2, 0) is 4.79 Å². The van der Waals surface area contributed by atoms with Gasteiger partial charge in [-0.05, 0) is 36.8 Å². The van der Waals surface area contributed by atoms with Gasteiger partial charge in [-0.3, -0.25) is 10.1 Å². The van der Waals surface area contributed by atoms with E-state index in [2.05, 4.69) is 15.3 Å². The number of hydrogen-bond donors (Lipinski definition) is 2. The van der Waals surface area contributed by atoms with Crippen LogP contribution >= 0.6 is 0 Å². The van der Waals surface area contributed by atoms with E-state index >= 15 is 0 Å². The summed E-state index contributed by atoms with van der Waals surface area (Å²) in [6, 6.07) is 7.82. The molecule has 2 aromatic rings. The third-order valence-corrected chi connectivity index (χ3v) is 4.59. The number of amides is 1.